The minimum atomic E-state index is -0.184. The number of hydrogen-bond acceptors (Lipinski definition) is 2. The van der Waals surface area contributed by atoms with Crippen molar-refractivity contribution in [2.24, 2.45) is 0 Å². The van der Waals surface area contributed by atoms with Crippen molar-refractivity contribution in [3.8, 4) is 11.1 Å². The van der Waals surface area contributed by atoms with Crippen LogP contribution in [0.4, 0.5) is 17.1 Å². The molecule has 0 saturated carbocycles. The van der Waals surface area contributed by atoms with Gasteiger partial charge in [-0.05, 0) is 40.8 Å². The number of fused-ring (bicyclic) bond motifs is 6. The topological polar surface area (TPSA) is 16.4 Å². The summed E-state index contributed by atoms with van der Waals surface area (Å²) in [5, 5.41) is 5.33. The van der Waals surface area contributed by atoms with Gasteiger partial charge in [0.2, 0.25) is 0 Å². The zero-order valence-electron chi connectivity index (χ0n) is 22.3. The number of anilines is 3. The highest BCUT2D eigenvalue weighted by Crippen LogP contribution is 2.55. The summed E-state index contributed by atoms with van der Waals surface area (Å²) >= 11 is 6.71. The summed E-state index contributed by atoms with van der Waals surface area (Å²) in [5.74, 6) is 0. The second-order valence-electron chi connectivity index (χ2n) is 11.1. The number of halogens is 1. The van der Waals surface area contributed by atoms with Crippen molar-refractivity contribution in [1.82, 2.24) is 0 Å². The Kier molecular flexibility index (Phi) is 4.96. The van der Waals surface area contributed by atoms with Gasteiger partial charge in [0.25, 0.3) is 0 Å². The zero-order chi connectivity index (χ0) is 27.0. The Bertz CT molecular complexity index is 2120. The molecule has 40 heavy (non-hydrogen) atoms. The molecule has 0 aliphatic carbocycles. The summed E-state index contributed by atoms with van der Waals surface area (Å²) in [5.41, 5.74) is 9.72. The summed E-state index contributed by atoms with van der Waals surface area (Å²) in [6, 6.07) is 42.9. The van der Waals surface area contributed by atoms with Gasteiger partial charge in [0.05, 0.1) is 17.1 Å². The normalized spacial score (nSPS) is 14.0. The van der Waals surface area contributed by atoms with Crippen LogP contribution in [-0.4, -0.2) is 0 Å². The molecule has 1 aromatic heterocycles. The number of rotatable bonds is 2. The second kappa shape index (κ2) is 8.48. The van der Waals surface area contributed by atoms with E-state index in [1.165, 1.54) is 21.9 Å². The molecular formula is C37H26ClNO. The van der Waals surface area contributed by atoms with Gasteiger partial charge in [-0.1, -0.05) is 123 Å². The number of furan rings is 1. The van der Waals surface area contributed by atoms with Crippen molar-refractivity contribution >= 4 is 61.4 Å². The van der Waals surface area contributed by atoms with Crippen molar-refractivity contribution in [2.75, 3.05) is 4.90 Å². The molecule has 0 spiro atoms. The lowest BCUT2D eigenvalue weighted by molar-refractivity contribution is 0.632. The third-order valence-electron chi connectivity index (χ3n) is 8.51. The maximum Gasteiger partial charge on any atom is 0.143 e. The lowest BCUT2D eigenvalue weighted by atomic mass is 9.73. The summed E-state index contributed by atoms with van der Waals surface area (Å²) in [4.78, 5) is 2.42. The van der Waals surface area contributed by atoms with Crippen LogP contribution in [0.1, 0.15) is 25.0 Å². The molecule has 0 fully saturated rings. The van der Waals surface area contributed by atoms with E-state index in [4.69, 9.17) is 16.0 Å². The van der Waals surface area contributed by atoms with E-state index in [0.29, 0.717) is 0 Å². The number of nitrogens with zero attached hydrogens (tertiary/aromatic N) is 1. The Morgan fingerprint density at radius 3 is 2.23 bits per heavy atom. The lowest BCUT2D eigenvalue weighted by Gasteiger charge is -2.43. The van der Waals surface area contributed by atoms with Gasteiger partial charge in [-0.25, -0.2) is 0 Å². The van der Waals surface area contributed by atoms with E-state index in [1.54, 1.807) is 0 Å². The summed E-state index contributed by atoms with van der Waals surface area (Å²) < 4.78 is 6.54. The highest BCUT2D eigenvalue weighted by atomic mass is 35.5. The van der Waals surface area contributed by atoms with Crippen molar-refractivity contribution in [3.05, 3.63) is 137 Å². The first-order valence-electron chi connectivity index (χ1n) is 13.6. The Labute approximate surface area is 238 Å². The quantitative estimate of drug-likeness (QED) is 0.219. The molecule has 0 atom stereocenters. The maximum absolute atomic E-state index is 6.71. The fourth-order valence-corrected chi connectivity index (χ4v) is 6.77. The van der Waals surface area contributed by atoms with Gasteiger partial charge in [-0.15, -0.1) is 0 Å². The minimum absolute atomic E-state index is 0.184. The molecule has 2 heterocycles. The average Bonchev–Trinajstić information content (AvgIpc) is 3.36. The Balaban J connectivity index is 1.52. The van der Waals surface area contributed by atoms with Crippen LogP contribution in [0.3, 0.4) is 0 Å². The van der Waals surface area contributed by atoms with E-state index in [1.807, 2.05) is 18.2 Å². The average molecular weight is 536 g/mol. The first-order chi connectivity index (χ1) is 19.5. The molecule has 0 unspecified atom stereocenters. The molecule has 0 saturated heterocycles. The van der Waals surface area contributed by atoms with Crippen LogP contribution in [0.2, 0.25) is 5.02 Å². The van der Waals surface area contributed by atoms with E-state index in [0.717, 1.165) is 55.2 Å². The molecule has 192 valence electrons. The third kappa shape index (κ3) is 3.23. The standard InChI is InChI=1S/C37H26ClNO/c1-37(2)30-15-6-7-16-32(30)39(33-22-24(38)19-21-31(33)37)35-25-11-4-3-10-23(25)18-20-27(35)29-14-9-13-28-26-12-5-8-17-34(26)40-36(28)29/h3-22H,1-2H3. The largest absolute Gasteiger partial charge is 0.455 e. The van der Waals surface area contributed by atoms with Gasteiger partial charge in [-0.2, -0.15) is 0 Å². The van der Waals surface area contributed by atoms with Gasteiger partial charge in [0, 0.05) is 37.7 Å². The first-order valence-corrected chi connectivity index (χ1v) is 14.0. The fraction of sp³-hybridized carbons (Fsp3) is 0.0811. The van der Waals surface area contributed by atoms with Crippen molar-refractivity contribution in [1.29, 1.82) is 0 Å². The van der Waals surface area contributed by atoms with E-state index in [9.17, 15) is 0 Å². The van der Waals surface area contributed by atoms with Crippen LogP contribution >= 0.6 is 11.6 Å². The van der Waals surface area contributed by atoms with Gasteiger partial charge in [-0.3, -0.25) is 0 Å². The second-order valence-corrected chi connectivity index (χ2v) is 11.5. The molecule has 8 rings (SSSR count). The van der Waals surface area contributed by atoms with Crippen LogP contribution in [0.5, 0.6) is 0 Å². The molecule has 0 radical (unpaired) electrons. The molecule has 1 aliphatic rings. The van der Waals surface area contributed by atoms with Gasteiger partial charge in [0.1, 0.15) is 11.2 Å². The Morgan fingerprint density at radius 1 is 0.600 bits per heavy atom. The smallest absolute Gasteiger partial charge is 0.143 e. The molecule has 0 bridgehead atoms. The zero-order valence-corrected chi connectivity index (χ0v) is 23.0. The fourth-order valence-electron chi connectivity index (χ4n) is 6.60. The van der Waals surface area contributed by atoms with E-state index in [-0.39, 0.29) is 5.41 Å². The Hall–Kier alpha value is -4.53. The van der Waals surface area contributed by atoms with Crippen LogP contribution in [0.15, 0.2) is 126 Å². The maximum atomic E-state index is 6.71. The minimum Gasteiger partial charge on any atom is -0.455 e. The molecule has 6 aromatic carbocycles. The predicted molar refractivity (Wildman–Crippen MR) is 168 cm³/mol. The number of para-hydroxylation sites is 3. The number of benzene rings is 6. The van der Waals surface area contributed by atoms with Crippen molar-refractivity contribution < 1.29 is 4.42 Å². The van der Waals surface area contributed by atoms with Crippen molar-refractivity contribution in [3.63, 3.8) is 0 Å². The third-order valence-corrected chi connectivity index (χ3v) is 8.75. The molecule has 2 nitrogen and oxygen atoms in total. The highest BCUT2D eigenvalue weighted by Gasteiger charge is 2.38. The van der Waals surface area contributed by atoms with E-state index >= 15 is 0 Å². The first kappa shape index (κ1) is 23.4. The van der Waals surface area contributed by atoms with Gasteiger partial charge in [0.15, 0.2) is 0 Å². The summed E-state index contributed by atoms with van der Waals surface area (Å²) in [6.07, 6.45) is 0. The molecule has 0 N–H and O–H groups in total. The van der Waals surface area contributed by atoms with E-state index in [2.05, 4.69) is 122 Å². The van der Waals surface area contributed by atoms with Crippen LogP contribution in [0, 0.1) is 0 Å². The monoisotopic (exact) mass is 535 g/mol. The SMILES string of the molecule is CC1(C)c2ccccc2N(c2c(-c3cccc4c3oc3ccccc34)ccc3ccccc23)c2cc(Cl)ccc21. The molecule has 3 heteroatoms. The van der Waals surface area contributed by atoms with Crippen LogP contribution in [-0.2, 0) is 5.41 Å². The lowest BCUT2D eigenvalue weighted by Crippen LogP contribution is -2.30. The van der Waals surface area contributed by atoms with E-state index < -0.39 is 0 Å². The number of hydrogen-bond donors (Lipinski definition) is 0. The van der Waals surface area contributed by atoms with Crippen LogP contribution < -0.4 is 4.90 Å². The highest BCUT2D eigenvalue weighted by molar-refractivity contribution is 6.31. The summed E-state index contributed by atoms with van der Waals surface area (Å²) in [7, 11) is 0. The Morgan fingerprint density at radius 2 is 1.32 bits per heavy atom. The molecule has 1 aliphatic heterocycles. The molecular weight excluding hydrogens is 510 g/mol. The predicted octanol–water partition coefficient (Wildman–Crippen LogP) is 11.2. The summed E-state index contributed by atoms with van der Waals surface area (Å²) in [6.45, 7) is 4.60. The molecule has 7 aromatic rings. The van der Waals surface area contributed by atoms with Gasteiger partial charge >= 0.3 is 0 Å². The molecule has 0 amide bonds. The van der Waals surface area contributed by atoms with Gasteiger partial charge < -0.3 is 9.32 Å². The van der Waals surface area contributed by atoms with Crippen molar-refractivity contribution in [2.45, 2.75) is 19.3 Å². The van der Waals surface area contributed by atoms with Crippen LogP contribution in [0.25, 0.3) is 43.8 Å².